The van der Waals surface area contributed by atoms with Gasteiger partial charge in [-0.3, -0.25) is 4.79 Å². The number of hydrogen-bond donors (Lipinski definition) is 0. The number of hydrogen-bond acceptors (Lipinski definition) is 8. The first-order valence-corrected chi connectivity index (χ1v) is 11.6. The SMILES string of the molecule is C[C@H]1C[C@@H](OC(=O)C2CCN(S(=O)(=O)c3ccc4c(c3)OCCCO4)CC2)C(=O)O1. The number of carbonyl (C=O) groups excluding carboxylic acids is 2. The van der Waals surface area contributed by atoms with Crippen LogP contribution in [-0.2, 0) is 29.1 Å². The van der Waals surface area contributed by atoms with E-state index in [9.17, 15) is 18.0 Å². The second-order valence-corrected chi connectivity index (χ2v) is 9.68. The molecule has 0 spiro atoms. The molecule has 0 unspecified atom stereocenters. The van der Waals surface area contributed by atoms with E-state index in [2.05, 4.69) is 0 Å². The van der Waals surface area contributed by atoms with E-state index in [-0.39, 0.29) is 24.1 Å². The van der Waals surface area contributed by atoms with Crippen molar-refractivity contribution in [3.8, 4) is 11.5 Å². The summed E-state index contributed by atoms with van der Waals surface area (Å²) < 4.78 is 48.9. The number of ether oxygens (including phenoxy) is 4. The van der Waals surface area contributed by atoms with Crippen molar-refractivity contribution in [3.05, 3.63) is 18.2 Å². The fraction of sp³-hybridized carbons (Fsp3) is 0.600. The first-order valence-electron chi connectivity index (χ1n) is 10.2. The average molecular weight is 439 g/mol. The summed E-state index contributed by atoms with van der Waals surface area (Å²) in [5.41, 5.74) is 0. The van der Waals surface area contributed by atoms with Gasteiger partial charge >= 0.3 is 11.9 Å². The average Bonchev–Trinajstić information content (AvgIpc) is 2.92. The normalized spacial score (nSPS) is 25.4. The number of esters is 2. The van der Waals surface area contributed by atoms with Crippen molar-refractivity contribution in [3.63, 3.8) is 0 Å². The zero-order chi connectivity index (χ0) is 21.3. The zero-order valence-corrected chi connectivity index (χ0v) is 17.6. The lowest BCUT2D eigenvalue weighted by Crippen LogP contribution is -2.41. The molecule has 9 nitrogen and oxygen atoms in total. The van der Waals surface area contributed by atoms with Crippen molar-refractivity contribution in [2.75, 3.05) is 26.3 Å². The van der Waals surface area contributed by atoms with E-state index >= 15 is 0 Å². The van der Waals surface area contributed by atoms with Crippen LogP contribution in [0.15, 0.2) is 23.1 Å². The third kappa shape index (κ3) is 4.24. The first kappa shape index (κ1) is 20.9. The van der Waals surface area contributed by atoms with E-state index < -0.39 is 34.0 Å². The Bertz CT molecular complexity index is 923. The van der Waals surface area contributed by atoms with Gasteiger partial charge in [0.25, 0.3) is 0 Å². The van der Waals surface area contributed by atoms with Gasteiger partial charge in [0.15, 0.2) is 11.5 Å². The minimum Gasteiger partial charge on any atom is -0.490 e. The third-order valence-corrected chi connectivity index (χ3v) is 7.42. The smallest absolute Gasteiger partial charge is 0.347 e. The molecule has 0 radical (unpaired) electrons. The van der Waals surface area contributed by atoms with Crippen LogP contribution >= 0.6 is 0 Å². The molecule has 1 aromatic carbocycles. The van der Waals surface area contributed by atoms with Crippen LogP contribution in [0.2, 0.25) is 0 Å². The summed E-state index contributed by atoms with van der Waals surface area (Å²) >= 11 is 0. The molecular formula is C20H25NO8S. The summed E-state index contributed by atoms with van der Waals surface area (Å²) in [7, 11) is -3.72. The number of fused-ring (bicyclic) bond motifs is 1. The van der Waals surface area contributed by atoms with Gasteiger partial charge in [0, 0.05) is 32.0 Å². The Kier molecular flexibility index (Phi) is 5.88. The fourth-order valence-electron chi connectivity index (χ4n) is 3.84. The Labute approximate surface area is 175 Å². The highest BCUT2D eigenvalue weighted by molar-refractivity contribution is 7.89. The zero-order valence-electron chi connectivity index (χ0n) is 16.7. The molecule has 0 aliphatic carbocycles. The first-order chi connectivity index (χ1) is 14.3. The van der Waals surface area contributed by atoms with E-state index in [1.54, 1.807) is 13.0 Å². The Morgan fingerprint density at radius 1 is 1.13 bits per heavy atom. The third-order valence-electron chi connectivity index (χ3n) is 5.53. The van der Waals surface area contributed by atoms with Crippen molar-refractivity contribution >= 4 is 22.0 Å². The van der Waals surface area contributed by atoms with Crippen LogP contribution in [0.25, 0.3) is 0 Å². The second-order valence-electron chi connectivity index (χ2n) is 7.75. The summed E-state index contributed by atoms with van der Waals surface area (Å²) in [5.74, 6) is -0.481. The molecule has 2 saturated heterocycles. The van der Waals surface area contributed by atoms with Crippen LogP contribution in [0.4, 0.5) is 0 Å². The molecule has 3 heterocycles. The molecule has 3 aliphatic rings. The maximum atomic E-state index is 13.0. The number of carbonyl (C=O) groups is 2. The highest BCUT2D eigenvalue weighted by Crippen LogP contribution is 2.34. The van der Waals surface area contributed by atoms with Gasteiger partial charge in [-0.25, -0.2) is 13.2 Å². The minimum atomic E-state index is -3.72. The van der Waals surface area contributed by atoms with Gasteiger partial charge in [0.1, 0.15) is 6.10 Å². The Balaban J connectivity index is 1.38. The number of nitrogens with zero attached hydrogens (tertiary/aromatic N) is 1. The summed E-state index contributed by atoms with van der Waals surface area (Å²) in [4.78, 5) is 24.2. The van der Waals surface area contributed by atoms with E-state index in [0.29, 0.717) is 44.0 Å². The number of cyclic esters (lactones) is 1. The molecule has 30 heavy (non-hydrogen) atoms. The minimum absolute atomic E-state index is 0.135. The van der Waals surface area contributed by atoms with Crippen molar-refractivity contribution in [2.45, 2.75) is 49.7 Å². The maximum absolute atomic E-state index is 13.0. The van der Waals surface area contributed by atoms with E-state index in [1.807, 2.05) is 0 Å². The molecule has 2 atom stereocenters. The number of benzene rings is 1. The molecule has 0 N–H and O–H groups in total. The molecule has 0 bridgehead atoms. The van der Waals surface area contributed by atoms with Crippen LogP contribution in [0.5, 0.6) is 11.5 Å². The highest BCUT2D eigenvalue weighted by atomic mass is 32.2. The molecule has 164 valence electrons. The summed E-state index contributed by atoms with van der Waals surface area (Å²) in [5, 5.41) is 0. The predicted octanol–water partition coefficient (Wildman–Crippen LogP) is 1.50. The van der Waals surface area contributed by atoms with E-state index in [1.165, 1.54) is 16.4 Å². The summed E-state index contributed by atoms with van der Waals surface area (Å²) in [6.07, 6.45) is 0.619. The van der Waals surface area contributed by atoms with Crippen molar-refractivity contribution < 1.29 is 37.0 Å². The van der Waals surface area contributed by atoms with Crippen LogP contribution < -0.4 is 9.47 Å². The van der Waals surface area contributed by atoms with Gasteiger partial charge < -0.3 is 18.9 Å². The molecule has 4 rings (SSSR count). The fourth-order valence-corrected chi connectivity index (χ4v) is 5.32. The Morgan fingerprint density at radius 2 is 1.83 bits per heavy atom. The molecular weight excluding hydrogens is 414 g/mol. The molecule has 10 heteroatoms. The van der Waals surface area contributed by atoms with E-state index in [0.717, 1.165) is 6.42 Å². The van der Waals surface area contributed by atoms with Crippen LogP contribution in [-0.4, -0.2) is 63.2 Å². The molecule has 3 aliphatic heterocycles. The lowest BCUT2D eigenvalue weighted by Gasteiger charge is -2.30. The maximum Gasteiger partial charge on any atom is 0.347 e. The molecule has 0 saturated carbocycles. The van der Waals surface area contributed by atoms with Crippen molar-refractivity contribution in [2.24, 2.45) is 5.92 Å². The van der Waals surface area contributed by atoms with Crippen molar-refractivity contribution in [1.82, 2.24) is 4.31 Å². The van der Waals surface area contributed by atoms with Crippen LogP contribution in [0.1, 0.15) is 32.6 Å². The second kappa shape index (κ2) is 8.43. The lowest BCUT2D eigenvalue weighted by molar-refractivity contribution is -0.164. The number of sulfonamides is 1. The molecule has 2 fully saturated rings. The van der Waals surface area contributed by atoms with Gasteiger partial charge in [-0.1, -0.05) is 0 Å². The van der Waals surface area contributed by atoms with Crippen LogP contribution in [0.3, 0.4) is 0 Å². The Morgan fingerprint density at radius 3 is 2.50 bits per heavy atom. The van der Waals surface area contributed by atoms with E-state index in [4.69, 9.17) is 18.9 Å². The standard InChI is InChI=1S/C20H25NO8S/c1-13-11-18(20(23)28-13)29-19(22)14-5-7-21(8-6-14)30(24,25)15-3-4-16-17(12-15)27-10-2-9-26-16/h3-4,12-14,18H,2,5-11H2,1H3/t13-,18+/m0/s1. The number of piperidine rings is 1. The molecule has 1 aromatic rings. The largest absolute Gasteiger partial charge is 0.490 e. The van der Waals surface area contributed by atoms with Gasteiger partial charge in [-0.2, -0.15) is 4.31 Å². The van der Waals surface area contributed by atoms with Gasteiger partial charge in [0.05, 0.1) is 24.0 Å². The summed E-state index contributed by atoms with van der Waals surface area (Å²) in [6.45, 7) is 3.14. The number of rotatable bonds is 4. The monoisotopic (exact) mass is 439 g/mol. The van der Waals surface area contributed by atoms with Gasteiger partial charge in [0.2, 0.25) is 16.1 Å². The molecule has 0 aromatic heterocycles. The van der Waals surface area contributed by atoms with Crippen LogP contribution in [0, 0.1) is 5.92 Å². The highest BCUT2D eigenvalue weighted by Gasteiger charge is 2.38. The lowest BCUT2D eigenvalue weighted by atomic mass is 9.98. The van der Waals surface area contributed by atoms with Gasteiger partial charge in [-0.05, 0) is 31.9 Å². The summed E-state index contributed by atoms with van der Waals surface area (Å²) in [6, 6.07) is 4.61. The van der Waals surface area contributed by atoms with Crippen molar-refractivity contribution in [1.29, 1.82) is 0 Å². The Hall–Kier alpha value is -2.33. The topological polar surface area (TPSA) is 108 Å². The molecule has 0 amide bonds. The van der Waals surface area contributed by atoms with Gasteiger partial charge in [-0.15, -0.1) is 0 Å². The predicted molar refractivity (Wildman–Crippen MR) is 104 cm³/mol. The quantitative estimate of drug-likeness (QED) is 0.650.